The molecule has 136 valence electrons. The molecular formula is C20H20N6O. The van der Waals surface area contributed by atoms with Crippen LogP contribution in [0.5, 0.6) is 0 Å². The fourth-order valence-corrected chi connectivity index (χ4v) is 2.81. The Morgan fingerprint density at radius 3 is 2.22 bits per heavy atom. The van der Waals surface area contributed by atoms with E-state index in [9.17, 15) is 4.79 Å². The molecule has 0 aliphatic heterocycles. The Balaban J connectivity index is 1.44. The third-order valence-electron chi connectivity index (χ3n) is 4.16. The van der Waals surface area contributed by atoms with Gasteiger partial charge < -0.3 is 10.6 Å². The van der Waals surface area contributed by atoms with Gasteiger partial charge in [-0.25, -0.2) is 4.98 Å². The number of aromatic nitrogens is 4. The maximum atomic E-state index is 12.3. The lowest BCUT2D eigenvalue weighted by Crippen LogP contribution is -2.20. The number of nitrogens with zero attached hydrogens (tertiary/aromatic N) is 3. The first kappa shape index (κ1) is 17.0. The van der Waals surface area contributed by atoms with E-state index in [0.717, 1.165) is 5.56 Å². The van der Waals surface area contributed by atoms with Gasteiger partial charge in [-0.3, -0.25) is 9.89 Å². The molecule has 0 atom stereocenters. The quantitative estimate of drug-likeness (QED) is 0.471. The van der Waals surface area contributed by atoms with E-state index in [4.69, 9.17) is 0 Å². The molecule has 2 aromatic heterocycles. The Bertz CT molecular complexity index is 1070. The van der Waals surface area contributed by atoms with Crippen molar-refractivity contribution in [2.45, 2.75) is 19.6 Å². The van der Waals surface area contributed by atoms with E-state index in [0.29, 0.717) is 37.1 Å². The van der Waals surface area contributed by atoms with Crippen molar-refractivity contribution >= 4 is 11.7 Å². The summed E-state index contributed by atoms with van der Waals surface area (Å²) in [6.07, 6.45) is 0. The van der Waals surface area contributed by atoms with Gasteiger partial charge in [0.25, 0.3) is 11.3 Å². The Kier molecular flexibility index (Phi) is 4.93. The molecule has 2 aromatic carbocycles. The minimum Gasteiger partial charge on any atom is -0.351 e. The molecular weight excluding hydrogens is 340 g/mol. The van der Waals surface area contributed by atoms with Crippen LogP contribution in [0.25, 0.3) is 5.78 Å². The van der Waals surface area contributed by atoms with E-state index in [1.54, 1.807) is 0 Å². The average molecular weight is 360 g/mol. The SMILES string of the molecule is O=c1cc(CNCc2ccccc2)nc2nc(NCc3ccccc3)[nH]n12. The third kappa shape index (κ3) is 4.21. The summed E-state index contributed by atoms with van der Waals surface area (Å²) in [5, 5.41) is 9.42. The molecule has 0 aliphatic carbocycles. The van der Waals surface area contributed by atoms with Gasteiger partial charge in [0.15, 0.2) is 0 Å². The smallest absolute Gasteiger partial charge is 0.274 e. The molecule has 27 heavy (non-hydrogen) atoms. The lowest BCUT2D eigenvalue weighted by Gasteiger charge is -2.04. The van der Waals surface area contributed by atoms with Crippen LogP contribution < -0.4 is 16.2 Å². The van der Waals surface area contributed by atoms with Gasteiger partial charge in [-0.2, -0.15) is 9.50 Å². The van der Waals surface area contributed by atoms with E-state index in [2.05, 4.69) is 37.8 Å². The monoisotopic (exact) mass is 360 g/mol. The fraction of sp³-hybridized carbons (Fsp3) is 0.150. The second-order valence-corrected chi connectivity index (χ2v) is 6.22. The van der Waals surface area contributed by atoms with Gasteiger partial charge in [-0.1, -0.05) is 60.7 Å². The highest BCUT2D eigenvalue weighted by Gasteiger charge is 2.08. The van der Waals surface area contributed by atoms with Crippen LogP contribution in [0.3, 0.4) is 0 Å². The summed E-state index contributed by atoms with van der Waals surface area (Å²) in [5.41, 5.74) is 2.79. The van der Waals surface area contributed by atoms with Crippen molar-refractivity contribution in [3.63, 3.8) is 0 Å². The zero-order valence-electron chi connectivity index (χ0n) is 14.7. The van der Waals surface area contributed by atoms with Crippen LogP contribution in [0.2, 0.25) is 0 Å². The van der Waals surface area contributed by atoms with E-state index in [1.807, 2.05) is 48.5 Å². The molecule has 3 N–H and O–H groups in total. The number of benzene rings is 2. The predicted molar refractivity (Wildman–Crippen MR) is 104 cm³/mol. The molecule has 2 heterocycles. The van der Waals surface area contributed by atoms with Crippen molar-refractivity contribution in [3.8, 4) is 0 Å². The second-order valence-electron chi connectivity index (χ2n) is 6.22. The highest BCUT2D eigenvalue weighted by Crippen LogP contribution is 2.06. The highest BCUT2D eigenvalue weighted by molar-refractivity contribution is 5.38. The van der Waals surface area contributed by atoms with Crippen LogP contribution in [0, 0.1) is 0 Å². The van der Waals surface area contributed by atoms with Crippen LogP contribution in [-0.4, -0.2) is 19.6 Å². The Morgan fingerprint density at radius 2 is 1.52 bits per heavy atom. The van der Waals surface area contributed by atoms with Gasteiger partial charge in [-0.15, -0.1) is 0 Å². The summed E-state index contributed by atoms with van der Waals surface area (Å²) in [6, 6.07) is 21.6. The standard InChI is InChI=1S/C20H20N6O/c27-18-11-17(14-21-12-15-7-3-1-4-8-15)23-20-24-19(25-26(18)20)22-13-16-9-5-2-6-10-16/h1-11,21H,12-14H2,(H2,22,23,24,25). The number of H-pyrrole nitrogens is 1. The van der Waals surface area contributed by atoms with Crippen LogP contribution in [0.1, 0.15) is 16.8 Å². The van der Waals surface area contributed by atoms with Gasteiger partial charge in [0.2, 0.25) is 5.95 Å². The van der Waals surface area contributed by atoms with Gasteiger partial charge in [0.1, 0.15) is 0 Å². The summed E-state index contributed by atoms with van der Waals surface area (Å²) in [7, 11) is 0. The van der Waals surface area contributed by atoms with E-state index >= 15 is 0 Å². The van der Waals surface area contributed by atoms with Gasteiger partial charge in [0, 0.05) is 25.7 Å². The van der Waals surface area contributed by atoms with Crippen molar-refractivity contribution in [3.05, 3.63) is 93.9 Å². The third-order valence-corrected chi connectivity index (χ3v) is 4.16. The Morgan fingerprint density at radius 1 is 0.852 bits per heavy atom. The number of hydrogen-bond acceptors (Lipinski definition) is 5. The molecule has 0 saturated heterocycles. The Labute approximate surface area is 156 Å². The van der Waals surface area contributed by atoms with Crippen LogP contribution in [-0.2, 0) is 19.6 Å². The molecule has 4 aromatic rings. The molecule has 0 fully saturated rings. The van der Waals surface area contributed by atoms with Crippen molar-refractivity contribution in [1.29, 1.82) is 0 Å². The molecule has 0 aliphatic rings. The maximum Gasteiger partial charge on any atom is 0.274 e. The second kappa shape index (κ2) is 7.84. The summed E-state index contributed by atoms with van der Waals surface area (Å²) in [4.78, 5) is 21.2. The molecule has 4 rings (SSSR count). The zero-order valence-corrected chi connectivity index (χ0v) is 14.7. The first-order valence-corrected chi connectivity index (χ1v) is 8.79. The number of nitrogens with one attached hydrogen (secondary N) is 3. The first-order valence-electron chi connectivity index (χ1n) is 8.79. The number of aromatic amines is 1. The number of anilines is 1. The zero-order chi connectivity index (χ0) is 18.5. The molecule has 7 nitrogen and oxygen atoms in total. The van der Waals surface area contributed by atoms with Crippen molar-refractivity contribution in [2.24, 2.45) is 0 Å². The van der Waals surface area contributed by atoms with Crippen molar-refractivity contribution < 1.29 is 0 Å². The minimum atomic E-state index is -0.184. The van der Waals surface area contributed by atoms with E-state index in [-0.39, 0.29) is 5.56 Å². The number of hydrogen-bond donors (Lipinski definition) is 3. The minimum absolute atomic E-state index is 0.184. The lowest BCUT2D eigenvalue weighted by atomic mass is 10.2. The van der Waals surface area contributed by atoms with Gasteiger partial charge in [0.05, 0.1) is 5.69 Å². The number of rotatable bonds is 7. The number of fused-ring (bicyclic) bond motifs is 1. The van der Waals surface area contributed by atoms with E-state index in [1.165, 1.54) is 16.1 Å². The summed E-state index contributed by atoms with van der Waals surface area (Å²) in [5.74, 6) is 0.868. The summed E-state index contributed by atoms with van der Waals surface area (Å²) >= 11 is 0. The van der Waals surface area contributed by atoms with Crippen LogP contribution in [0.4, 0.5) is 5.95 Å². The van der Waals surface area contributed by atoms with Crippen molar-refractivity contribution in [1.82, 2.24) is 24.9 Å². The highest BCUT2D eigenvalue weighted by atomic mass is 16.1. The Hall–Kier alpha value is -3.45. The van der Waals surface area contributed by atoms with Gasteiger partial charge >= 0.3 is 0 Å². The molecule has 0 radical (unpaired) electrons. The molecule has 7 heteroatoms. The fourth-order valence-electron chi connectivity index (χ4n) is 2.81. The molecule has 0 bridgehead atoms. The summed E-state index contributed by atoms with van der Waals surface area (Å²) < 4.78 is 1.34. The molecule has 0 amide bonds. The van der Waals surface area contributed by atoms with Crippen molar-refractivity contribution in [2.75, 3.05) is 5.32 Å². The largest absolute Gasteiger partial charge is 0.351 e. The van der Waals surface area contributed by atoms with Crippen LogP contribution in [0.15, 0.2) is 71.5 Å². The normalized spacial score (nSPS) is 11.0. The topological polar surface area (TPSA) is 87.1 Å². The summed E-state index contributed by atoms with van der Waals surface area (Å²) in [6.45, 7) is 1.83. The maximum absolute atomic E-state index is 12.3. The lowest BCUT2D eigenvalue weighted by molar-refractivity contribution is 0.676. The van der Waals surface area contributed by atoms with Gasteiger partial charge in [-0.05, 0) is 11.1 Å². The van der Waals surface area contributed by atoms with Crippen LogP contribution >= 0.6 is 0 Å². The first-order chi connectivity index (χ1) is 13.3. The molecule has 0 spiro atoms. The predicted octanol–water partition coefficient (Wildman–Crippen LogP) is 2.32. The molecule has 0 saturated carbocycles. The average Bonchev–Trinajstić information content (AvgIpc) is 3.12. The molecule has 0 unspecified atom stereocenters. The van der Waals surface area contributed by atoms with E-state index < -0.39 is 0 Å².